The lowest BCUT2D eigenvalue weighted by molar-refractivity contribution is 0.482. The summed E-state index contributed by atoms with van der Waals surface area (Å²) in [6, 6.07) is 2.50. The molecule has 2 rings (SSSR count). The number of hydrogen-bond acceptors (Lipinski definition) is 5. The molecule has 2 heterocycles. The molecule has 0 spiro atoms. The summed E-state index contributed by atoms with van der Waals surface area (Å²) in [5.74, 6) is 1.79. The van der Waals surface area contributed by atoms with Crippen LogP contribution in [0, 0.1) is 0 Å². The van der Waals surface area contributed by atoms with Crippen LogP contribution in [0.15, 0.2) is 12.3 Å². The zero-order valence-corrected chi connectivity index (χ0v) is 10.1. The molecule has 1 atom stereocenters. The topological polar surface area (TPSA) is 44.3 Å². The van der Waals surface area contributed by atoms with E-state index in [0.29, 0.717) is 6.04 Å². The van der Waals surface area contributed by atoms with E-state index in [9.17, 15) is 0 Å². The lowest BCUT2D eigenvalue weighted by Gasteiger charge is -2.32. The summed E-state index contributed by atoms with van der Waals surface area (Å²) in [4.78, 5) is 13.0. The number of anilines is 2. The average Bonchev–Trinajstić information content (AvgIpc) is 2.29. The largest absolute Gasteiger partial charge is 0.354 e. The Hall–Kier alpha value is -1.36. The van der Waals surface area contributed by atoms with Crippen LogP contribution in [0.2, 0.25) is 0 Å². The minimum absolute atomic E-state index is 0.520. The van der Waals surface area contributed by atoms with Crippen LogP contribution < -0.4 is 15.1 Å². The van der Waals surface area contributed by atoms with Crippen LogP contribution in [0.3, 0.4) is 0 Å². The minimum atomic E-state index is 0.520. The van der Waals surface area contributed by atoms with Gasteiger partial charge >= 0.3 is 0 Å². The zero-order valence-electron chi connectivity index (χ0n) is 10.1. The fourth-order valence-corrected chi connectivity index (χ4v) is 1.87. The highest BCUT2D eigenvalue weighted by Gasteiger charge is 2.17. The molecular formula is C11H19N5. The van der Waals surface area contributed by atoms with Crippen molar-refractivity contribution in [1.82, 2.24) is 15.3 Å². The Balaban J connectivity index is 2.16. The molecule has 0 amide bonds. The van der Waals surface area contributed by atoms with Crippen molar-refractivity contribution in [2.75, 3.05) is 43.5 Å². The molecule has 0 aliphatic carbocycles. The Morgan fingerprint density at radius 2 is 2.31 bits per heavy atom. The summed E-state index contributed by atoms with van der Waals surface area (Å²) < 4.78 is 0. The van der Waals surface area contributed by atoms with E-state index >= 15 is 0 Å². The molecule has 88 valence electrons. The Labute approximate surface area is 96.5 Å². The zero-order chi connectivity index (χ0) is 11.5. The monoisotopic (exact) mass is 221 g/mol. The van der Waals surface area contributed by atoms with Crippen LogP contribution in [-0.2, 0) is 0 Å². The van der Waals surface area contributed by atoms with Gasteiger partial charge in [-0.15, -0.1) is 0 Å². The second-order valence-corrected chi connectivity index (χ2v) is 4.41. The Morgan fingerprint density at radius 3 is 3.00 bits per heavy atom. The number of aromatic nitrogens is 2. The minimum Gasteiger partial charge on any atom is -0.354 e. The molecular weight excluding hydrogens is 202 g/mol. The lowest BCUT2D eigenvalue weighted by atomic mass is 10.2. The van der Waals surface area contributed by atoms with Gasteiger partial charge in [0, 0.05) is 46.0 Å². The summed E-state index contributed by atoms with van der Waals surface area (Å²) in [5.41, 5.74) is 0. The fraction of sp³-hybridized carbons (Fsp3) is 0.636. The third kappa shape index (κ3) is 2.41. The smallest absolute Gasteiger partial charge is 0.226 e. The maximum Gasteiger partial charge on any atom is 0.226 e. The third-order valence-corrected chi connectivity index (χ3v) is 2.72. The third-order valence-electron chi connectivity index (χ3n) is 2.72. The first kappa shape index (κ1) is 11.1. The van der Waals surface area contributed by atoms with Crippen LogP contribution in [0.5, 0.6) is 0 Å². The predicted octanol–water partition coefficient (Wildman–Crippen LogP) is 0.341. The maximum absolute atomic E-state index is 4.54. The first-order valence-corrected chi connectivity index (χ1v) is 5.65. The van der Waals surface area contributed by atoms with Crippen LogP contribution in [0.25, 0.3) is 0 Å². The van der Waals surface area contributed by atoms with Crippen molar-refractivity contribution in [3.63, 3.8) is 0 Å². The van der Waals surface area contributed by atoms with Crippen LogP contribution in [0.1, 0.15) is 6.92 Å². The van der Waals surface area contributed by atoms with E-state index in [1.165, 1.54) is 0 Å². The first-order valence-electron chi connectivity index (χ1n) is 5.65. The van der Waals surface area contributed by atoms with Gasteiger partial charge in [-0.25, -0.2) is 4.98 Å². The highest BCUT2D eigenvalue weighted by Crippen LogP contribution is 2.14. The number of nitrogens with zero attached hydrogens (tertiary/aromatic N) is 4. The molecule has 1 aromatic rings. The summed E-state index contributed by atoms with van der Waals surface area (Å²) >= 11 is 0. The van der Waals surface area contributed by atoms with Crippen LogP contribution in [-0.4, -0.2) is 49.7 Å². The second kappa shape index (κ2) is 4.65. The van der Waals surface area contributed by atoms with Crippen molar-refractivity contribution in [3.05, 3.63) is 12.3 Å². The van der Waals surface area contributed by atoms with Gasteiger partial charge in [-0.3, -0.25) is 0 Å². The van der Waals surface area contributed by atoms with E-state index in [4.69, 9.17) is 0 Å². The molecule has 0 aromatic carbocycles. The highest BCUT2D eigenvalue weighted by molar-refractivity contribution is 5.43. The predicted molar refractivity (Wildman–Crippen MR) is 66.0 cm³/mol. The Bertz CT molecular complexity index is 352. The molecule has 1 N–H and O–H groups in total. The number of hydrogen-bond donors (Lipinski definition) is 1. The molecule has 1 saturated heterocycles. The SMILES string of the molecule is C[C@H]1CN(c2ccnc(N(C)C)n2)CCN1. The van der Waals surface area contributed by atoms with E-state index in [2.05, 4.69) is 27.1 Å². The van der Waals surface area contributed by atoms with Gasteiger partial charge in [0.15, 0.2) is 0 Å². The molecule has 1 aliphatic rings. The van der Waals surface area contributed by atoms with Gasteiger partial charge in [0.05, 0.1) is 0 Å². The molecule has 0 saturated carbocycles. The molecule has 0 radical (unpaired) electrons. The van der Waals surface area contributed by atoms with Gasteiger partial charge in [0.2, 0.25) is 5.95 Å². The van der Waals surface area contributed by atoms with Crippen molar-refractivity contribution < 1.29 is 0 Å². The Kier molecular flexibility index (Phi) is 3.24. The summed E-state index contributed by atoms with van der Waals surface area (Å²) in [7, 11) is 3.92. The van der Waals surface area contributed by atoms with E-state index < -0.39 is 0 Å². The van der Waals surface area contributed by atoms with E-state index in [1.54, 1.807) is 0 Å². The molecule has 0 unspecified atom stereocenters. The number of piperazine rings is 1. The lowest BCUT2D eigenvalue weighted by Crippen LogP contribution is -2.49. The molecule has 1 aliphatic heterocycles. The molecule has 1 fully saturated rings. The molecule has 16 heavy (non-hydrogen) atoms. The second-order valence-electron chi connectivity index (χ2n) is 4.41. The maximum atomic E-state index is 4.54. The van der Waals surface area contributed by atoms with Crippen molar-refractivity contribution >= 4 is 11.8 Å². The molecule has 5 nitrogen and oxygen atoms in total. The quantitative estimate of drug-likeness (QED) is 0.780. The van der Waals surface area contributed by atoms with Gasteiger partial charge in [-0.1, -0.05) is 0 Å². The number of rotatable bonds is 2. The summed E-state index contributed by atoms with van der Waals surface area (Å²) in [6.45, 7) is 5.22. The normalized spacial score (nSPS) is 20.9. The van der Waals surface area contributed by atoms with Gasteiger partial charge in [0.25, 0.3) is 0 Å². The fourth-order valence-electron chi connectivity index (χ4n) is 1.87. The molecule has 5 heteroatoms. The van der Waals surface area contributed by atoms with Crippen LogP contribution in [0.4, 0.5) is 11.8 Å². The molecule has 1 aromatic heterocycles. The van der Waals surface area contributed by atoms with Crippen LogP contribution >= 0.6 is 0 Å². The van der Waals surface area contributed by atoms with Crippen molar-refractivity contribution in [2.24, 2.45) is 0 Å². The highest BCUT2D eigenvalue weighted by atomic mass is 15.3. The van der Waals surface area contributed by atoms with E-state index in [1.807, 2.05) is 31.3 Å². The van der Waals surface area contributed by atoms with Crippen molar-refractivity contribution in [1.29, 1.82) is 0 Å². The van der Waals surface area contributed by atoms with Crippen molar-refractivity contribution in [2.45, 2.75) is 13.0 Å². The average molecular weight is 221 g/mol. The van der Waals surface area contributed by atoms with E-state index in [0.717, 1.165) is 31.4 Å². The first-order chi connectivity index (χ1) is 7.66. The van der Waals surface area contributed by atoms with Gasteiger partial charge in [-0.05, 0) is 13.0 Å². The summed E-state index contributed by atoms with van der Waals surface area (Å²) in [6.07, 6.45) is 1.82. The van der Waals surface area contributed by atoms with Crippen molar-refractivity contribution in [3.8, 4) is 0 Å². The standard InChI is InChI=1S/C11H19N5/c1-9-8-16(7-6-12-9)10-4-5-13-11(14-10)15(2)3/h4-5,9,12H,6-8H2,1-3H3/t9-/m0/s1. The molecule has 0 bridgehead atoms. The number of nitrogens with one attached hydrogen (secondary N) is 1. The Morgan fingerprint density at radius 1 is 1.50 bits per heavy atom. The van der Waals surface area contributed by atoms with Gasteiger partial charge in [-0.2, -0.15) is 4.98 Å². The summed E-state index contributed by atoms with van der Waals surface area (Å²) in [5, 5.41) is 3.42. The van der Waals surface area contributed by atoms with E-state index in [-0.39, 0.29) is 0 Å². The van der Waals surface area contributed by atoms with Gasteiger partial charge < -0.3 is 15.1 Å². The van der Waals surface area contributed by atoms with Gasteiger partial charge in [0.1, 0.15) is 5.82 Å².